The van der Waals surface area contributed by atoms with E-state index in [0.717, 1.165) is 56.6 Å². The van der Waals surface area contributed by atoms with Gasteiger partial charge in [0.15, 0.2) is 0 Å². The summed E-state index contributed by atoms with van der Waals surface area (Å²) in [4.78, 5) is 27.2. The number of hydrogen-bond acceptors (Lipinski definition) is 3. The van der Waals surface area contributed by atoms with Crippen molar-refractivity contribution in [3.8, 4) is 0 Å². The molecule has 3 rings (SSSR count). The van der Waals surface area contributed by atoms with Gasteiger partial charge in [0.1, 0.15) is 0 Å². The van der Waals surface area contributed by atoms with E-state index in [4.69, 9.17) is 0 Å². The summed E-state index contributed by atoms with van der Waals surface area (Å²) in [6, 6.07) is 5.91. The third kappa shape index (κ3) is 4.77. The van der Waals surface area contributed by atoms with Crippen LogP contribution in [0.5, 0.6) is 0 Å². The van der Waals surface area contributed by atoms with Crippen molar-refractivity contribution in [2.75, 3.05) is 25.0 Å². The summed E-state index contributed by atoms with van der Waals surface area (Å²) < 4.78 is 0. The molecule has 6 heteroatoms. The number of amides is 2. The van der Waals surface area contributed by atoms with Crippen LogP contribution in [-0.4, -0.2) is 42.4 Å². The van der Waals surface area contributed by atoms with Crippen molar-refractivity contribution in [2.45, 2.75) is 52.0 Å². The normalized spacial score (nSPS) is 23.1. The van der Waals surface area contributed by atoms with Gasteiger partial charge in [0.2, 0.25) is 5.91 Å². The first-order valence-corrected chi connectivity index (χ1v) is 9.49. The lowest BCUT2D eigenvalue weighted by Gasteiger charge is -2.33. The van der Waals surface area contributed by atoms with Crippen molar-refractivity contribution in [3.05, 3.63) is 29.3 Å². The molecule has 1 aromatic carbocycles. The highest BCUT2D eigenvalue weighted by Crippen LogP contribution is 2.23. The van der Waals surface area contributed by atoms with E-state index in [1.807, 2.05) is 30.0 Å². The molecule has 2 amide bonds. The SMILES string of the molecule is Cc1cc(C(=O)N2CCCCC2C)ccc1NC(=O)C1CCCNC1.Cl. The van der Waals surface area contributed by atoms with E-state index in [1.165, 1.54) is 6.42 Å². The van der Waals surface area contributed by atoms with Crippen LogP contribution in [0.3, 0.4) is 0 Å². The predicted molar refractivity (Wildman–Crippen MR) is 107 cm³/mol. The highest BCUT2D eigenvalue weighted by Gasteiger charge is 2.25. The first-order chi connectivity index (χ1) is 12.1. The molecule has 0 aliphatic carbocycles. The third-order valence-electron chi connectivity index (χ3n) is 5.46. The molecular weight excluding hydrogens is 350 g/mol. The van der Waals surface area contributed by atoms with Gasteiger partial charge in [-0.3, -0.25) is 9.59 Å². The number of rotatable bonds is 3. The van der Waals surface area contributed by atoms with E-state index >= 15 is 0 Å². The lowest BCUT2D eigenvalue weighted by molar-refractivity contribution is -0.120. The van der Waals surface area contributed by atoms with Gasteiger partial charge in [-0.25, -0.2) is 0 Å². The zero-order chi connectivity index (χ0) is 17.8. The number of halogens is 1. The fraction of sp³-hybridized carbons (Fsp3) is 0.600. The summed E-state index contributed by atoms with van der Waals surface area (Å²) in [5.74, 6) is 0.201. The number of likely N-dealkylation sites (tertiary alicyclic amines) is 1. The lowest BCUT2D eigenvalue weighted by Crippen LogP contribution is -2.42. The molecule has 0 aromatic heterocycles. The van der Waals surface area contributed by atoms with Gasteiger partial charge in [-0.05, 0) is 76.3 Å². The number of nitrogens with zero attached hydrogens (tertiary/aromatic N) is 1. The second-order valence-electron chi connectivity index (χ2n) is 7.41. The van der Waals surface area contributed by atoms with E-state index in [2.05, 4.69) is 17.6 Å². The Kier molecular flexibility index (Phi) is 7.47. The zero-order valence-corrected chi connectivity index (χ0v) is 16.5. The van der Waals surface area contributed by atoms with Crippen LogP contribution in [0, 0.1) is 12.8 Å². The lowest BCUT2D eigenvalue weighted by atomic mass is 9.98. The van der Waals surface area contributed by atoms with Crippen LogP contribution >= 0.6 is 12.4 Å². The molecule has 5 nitrogen and oxygen atoms in total. The second-order valence-corrected chi connectivity index (χ2v) is 7.41. The summed E-state index contributed by atoms with van der Waals surface area (Å²) in [5, 5.41) is 6.30. The van der Waals surface area contributed by atoms with Crippen LogP contribution in [-0.2, 0) is 4.79 Å². The summed E-state index contributed by atoms with van der Waals surface area (Å²) in [7, 11) is 0. The Morgan fingerprint density at radius 3 is 2.65 bits per heavy atom. The Balaban J connectivity index is 0.00000243. The van der Waals surface area contributed by atoms with Crippen molar-refractivity contribution in [3.63, 3.8) is 0 Å². The van der Waals surface area contributed by atoms with Crippen molar-refractivity contribution < 1.29 is 9.59 Å². The fourth-order valence-electron chi connectivity index (χ4n) is 3.81. The van der Waals surface area contributed by atoms with Gasteiger partial charge >= 0.3 is 0 Å². The number of hydrogen-bond donors (Lipinski definition) is 2. The summed E-state index contributed by atoms with van der Waals surface area (Å²) >= 11 is 0. The molecular formula is C20H30ClN3O2. The van der Waals surface area contributed by atoms with Crippen molar-refractivity contribution in [1.29, 1.82) is 0 Å². The minimum absolute atomic E-state index is 0. The van der Waals surface area contributed by atoms with Crippen molar-refractivity contribution >= 4 is 29.9 Å². The Morgan fingerprint density at radius 2 is 2.00 bits per heavy atom. The number of benzene rings is 1. The zero-order valence-electron chi connectivity index (χ0n) is 15.7. The maximum atomic E-state index is 12.8. The molecule has 0 bridgehead atoms. The van der Waals surface area contributed by atoms with Gasteiger partial charge in [0.25, 0.3) is 5.91 Å². The molecule has 2 N–H and O–H groups in total. The smallest absolute Gasteiger partial charge is 0.254 e. The van der Waals surface area contributed by atoms with E-state index in [-0.39, 0.29) is 30.1 Å². The van der Waals surface area contributed by atoms with Gasteiger partial charge < -0.3 is 15.5 Å². The standard InChI is InChI=1S/C20H29N3O2.ClH/c1-14-12-16(20(25)23-11-4-3-6-15(23)2)8-9-18(14)22-19(24)17-7-5-10-21-13-17;/h8-9,12,15,17,21H,3-7,10-11,13H2,1-2H3,(H,22,24);1H. The Hall–Kier alpha value is -1.59. The van der Waals surface area contributed by atoms with Gasteiger partial charge in [0, 0.05) is 30.4 Å². The van der Waals surface area contributed by atoms with Crippen molar-refractivity contribution in [1.82, 2.24) is 10.2 Å². The van der Waals surface area contributed by atoms with Crippen LogP contribution in [0.2, 0.25) is 0 Å². The Morgan fingerprint density at radius 1 is 1.19 bits per heavy atom. The van der Waals surface area contributed by atoms with Gasteiger partial charge in [-0.15, -0.1) is 12.4 Å². The number of anilines is 1. The number of carbonyl (C=O) groups is 2. The molecule has 2 atom stereocenters. The minimum atomic E-state index is 0. The average molecular weight is 380 g/mol. The highest BCUT2D eigenvalue weighted by molar-refractivity contribution is 5.97. The second kappa shape index (κ2) is 9.38. The van der Waals surface area contributed by atoms with E-state index in [0.29, 0.717) is 11.6 Å². The molecule has 0 saturated carbocycles. The molecule has 1 aromatic rings. The van der Waals surface area contributed by atoms with E-state index in [1.54, 1.807) is 0 Å². The Bertz CT molecular complexity index is 644. The molecule has 2 saturated heterocycles. The van der Waals surface area contributed by atoms with Crippen LogP contribution in [0.15, 0.2) is 18.2 Å². The summed E-state index contributed by atoms with van der Waals surface area (Å²) in [6.45, 7) is 6.65. The van der Waals surface area contributed by atoms with E-state index in [9.17, 15) is 9.59 Å². The Labute approximate surface area is 162 Å². The summed E-state index contributed by atoms with van der Waals surface area (Å²) in [6.07, 6.45) is 5.33. The maximum absolute atomic E-state index is 12.8. The fourth-order valence-corrected chi connectivity index (χ4v) is 3.81. The maximum Gasteiger partial charge on any atom is 0.254 e. The predicted octanol–water partition coefficient (Wildman–Crippen LogP) is 3.37. The number of piperidine rings is 2. The minimum Gasteiger partial charge on any atom is -0.336 e. The van der Waals surface area contributed by atoms with Crippen LogP contribution in [0.1, 0.15) is 54.9 Å². The molecule has 144 valence electrons. The van der Waals surface area contributed by atoms with Gasteiger partial charge in [0.05, 0.1) is 5.92 Å². The highest BCUT2D eigenvalue weighted by atomic mass is 35.5. The number of carbonyl (C=O) groups excluding carboxylic acids is 2. The number of aryl methyl sites for hydroxylation is 1. The molecule has 0 spiro atoms. The first-order valence-electron chi connectivity index (χ1n) is 9.49. The topological polar surface area (TPSA) is 61.4 Å². The van der Waals surface area contributed by atoms with Crippen LogP contribution in [0.25, 0.3) is 0 Å². The molecule has 2 aliphatic heterocycles. The molecule has 0 radical (unpaired) electrons. The van der Waals surface area contributed by atoms with Crippen molar-refractivity contribution in [2.24, 2.45) is 5.92 Å². The van der Waals surface area contributed by atoms with E-state index < -0.39 is 0 Å². The molecule has 2 heterocycles. The molecule has 26 heavy (non-hydrogen) atoms. The summed E-state index contributed by atoms with van der Waals surface area (Å²) in [5.41, 5.74) is 2.45. The van der Waals surface area contributed by atoms with Crippen LogP contribution in [0.4, 0.5) is 5.69 Å². The van der Waals surface area contributed by atoms with Gasteiger partial charge in [-0.2, -0.15) is 0 Å². The third-order valence-corrected chi connectivity index (χ3v) is 5.46. The quantitative estimate of drug-likeness (QED) is 0.846. The molecule has 2 unspecified atom stereocenters. The molecule has 2 fully saturated rings. The largest absolute Gasteiger partial charge is 0.336 e. The van der Waals surface area contributed by atoms with Crippen LogP contribution < -0.4 is 10.6 Å². The average Bonchev–Trinajstić information content (AvgIpc) is 2.64. The first kappa shape index (κ1) is 20.7. The number of nitrogens with one attached hydrogen (secondary N) is 2. The monoisotopic (exact) mass is 379 g/mol. The molecule has 2 aliphatic rings. The van der Waals surface area contributed by atoms with Gasteiger partial charge in [-0.1, -0.05) is 0 Å².